The largest absolute Gasteiger partial charge is 0.366 e. The summed E-state index contributed by atoms with van der Waals surface area (Å²) in [5.74, 6) is -0.449. The number of primary amides is 1. The van der Waals surface area contributed by atoms with E-state index in [1.165, 1.54) is 32.4 Å². The van der Waals surface area contributed by atoms with Gasteiger partial charge in [-0.05, 0) is 50.6 Å². The number of piperidine rings is 1. The van der Waals surface area contributed by atoms with Crippen LogP contribution in [0.25, 0.3) is 0 Å². The van der Waals surface area contributed by atoms with Crippen molar-refractivity contribution in [2.75, 3.05) is 19.6 Å². The van der Waals surface area contributed by atoms with E-state index in [0.29, 0.717) is 23.2 Å². The van der Waals surface area contributed by atoms with Crippen molar-refractivity contribution in [1.29, 1.82) is 0 Å². The molecule has 21 heavy (non-hydrogen) atoms. The van der Waals surface area contributed by atoms with Crippen molar-refractivity contribution in [3.63, 3.8) is 0 Å². The van der Waals surface area contributed by atoms with Crippen LogP contribution in [0.2, 0.25) is 5.02 Å². The highest BCUT2D eigenvalue weighted by atomic mass is 35.5. The van der Waals surface area contributed by atoms with Crippen molar-refractivity contribution in [3.8, 4) is 0 Å². The van der Waals surface area contributed by atoms with E-state index in [9.17, 15) is 4.79 Å². The summed E-state index contributed by atoms with van der Waals surface area (Å²) in [6.07, 6.45) is 3.98. The fourth-order valence-corrected chi connectivity index (χ4v) is 3.00. The number of nitrogens with one attached hydrogen (secondary N) is 1. The molecule has 1 aliphatic rings. The molecule has 2 rings (SSSR count). The van der Waals surface area contributed by atoms with Crippen LogP contribution in [0.4, 0.5) is 0 Å². The molecule has 1 unspecified atom stereocenters. The summed E-state index contributed by atoms with van der Waals surface area (Å²) in [5.41, 5.74) is 6.68. The summed E-state index contributed by atoms with van der Waals surface area (Å²) in [6.45, 7) is 6.31. The highest BCUT2D eigenvalue weighted by Gasteiger charge is 2.16. The fourth-order valence-electron chi connectivity index (χ4n) is 2.75. The molecule has 1 saturated heterocycles. The van der Waals surface area contributed by atoms with Gasteiger partial charge in [-0.1, -0.05) is 24.1 Å². The van der Waals surface area contributed by atoms with E-state index in [2.05, 4.69) is 17.1 Å². The maximum absolute atomic E-state index is 11.1. The maximum Gasteiger partial charge on any atom is 0.248 e. The van der Waals surface area contributed by atoms with Gasteiger partial charge in [0.2, 0.25) is 5.91 Å². The molecule has 1 amide bonds. The molecule has 1 aliphatic heterocycles. The van der Waals surface area contributed by atoms with Gasteiger partial charge in [0.15, 0.2) is 0 Å². The third-order valence-electron chi connectivity index (χ3n) is 4.11. The number of nitrogens with zero attached hydrogens (tertiary/aromatic N) is 1. The van der Waals surface area contributed by atoms with Gasteiger partial charge in [-0.2, -0.15) is 0 Å². The van der Waals surface area contributed by atoms with Gasteiger partial charge in [-0.3, -0.25) is 9.69 Å². The molecule has 0 saturated carbocycles. The van der Waals surface area contributed by atoms with Crippen LogP contribution in [0.5, 0.6) is 0 Å². The van der Waals surface area contributed by atoms with Crippen LogP contribution < -0.4 is 11.1 Å². The highest BCUT2D eigenvalue weighted by molar-refractivity contribution is 6.31. The van der Waals surface area contributed by atoms with Gasteiger partial charge in [0, 0.05) is 29.7 Å². The van der Waals surface area contributed by atoms with E-state index in [-0.39, 0.29) is 0 Å². The average molecular weight is 310 g/mol. The van der Waals surface area contributed by atoms with Crippen molar-refractivity contribution >= 4 is 17.5 Å². The van der Waals surface area contributed by atoms with Crippen LogP contribution in [-0.4, -0.2) is 36.5 Å². The maximum atomic E-state index is 11.1. The molecule has 0 radical (unpaired) electrons. The van der Waals surface area contributed by atoms with Crippen molar-refractivity contribution in [3.05, 3.63) is 34.3 Å². The van der Waals surface area contributed by atoms with E-state index in [1.54, 1.807) is 12.1 Å². The number of hydrogen-bond donors (Lipinski definition) is 2. The van der Waals surface area contributed by atoms with Gasteiger partial charge in [0.1, 0.15) is 0 Å². The monoisotopic (exact) mass is 309 g/mol. The van der Waals surface area contributed by atoms with E-state index in [1.807, 2.05) is 6.07 Å². The second kappa shape index (κ2) is 7.78. The molecule has 0 aromatic heterocycles. The first-order valence-electron chi connectivity index (χ1n) is 7.61. The Morgan fingerprint density at radius 2 is 2.10 bits per heavy atom. The molecule has 0 aliphatic carbocycles. The molecule has 3 N–H and O–H groups in total. The normalized spacial score (nSPS) is 17.6. The average Bonchev–Trinajstić information content (AvgIpc) is 2.49. The Morgan fingerprint density at radius 3 is 2.71 bits per heavy atom. The zero-order valence-electron chi connectivity index (χ0n) is 12.6. The van der Waals surface area contributed by atoms with Gasteiger partial charge in [-0.25, -0.2) is 0 Å². The summed E-state index contributed by atoms with van der Waals surface area (Å²) in [4.78, 5) is 13.6. The molecule has 1 aromatic carbocycles. The number of amides is 1. The predicted molar refractivity (Wildman–Crippen MR) is 86.6 cm³/mol. The second-order valence-electron chi connectivity index (χ2n) is 5.75. The molecule has 0 bridgehead atoms. The molecule has 1 aromatic rings. The molecule has 0 spiro atoms. The molecular weight excluding hydrogens is 286 g/mol. The van der Waals surface area contributed by atoms with E-state index < -0.39 is 5.91 Å². The number of carbonyl (C=O) groups excluding carboxylic acids is 1. The first-order chi connectivity index (χ1) is 10.1. The van der Waals surface area contributed by atoms with Crippen LogP contribution >= 0.6 is 11.6 Å². The van der Waals surface area contributed by atoms with E-state index in [0.717, 1.165) is 12.1 Å². The molecule has 1 heterocycles. The molecule has 1 atom stereocenters. The zero-order valence-corrected chi connectivity index (χ0v) is 13.3. The minimum atomic E-state index is -0.449. The Labute approximate surface area is 131 Å². The van der Waals surface area contributed by atoms with Crippen molar-refractivity contribution in [1.82, 2.24) is 10.2 Å². The first-order valence-corrected chi connectivity index (χ1v) is 7.98. The van der Waals surface area contributed by atoms with Gasteiger partial charge in [-0.15, -0.1) is 0 Å². The number of likely N-dealkylation sites (tertiary alicyclic amines) is 1. The van der Waals surface area contributed by atoms with Crippen LogP contribution in [-0.2, 0) is 6.54 Å². The van der Waals surface area contributed by atoms with Crippen molar-refractivity contribution < 1.29 is 4.79 Å². The van der Waals surface area contributed by atoms with Crippen molar-refractivity contribution in [2.45, 2.75) is 38.8 Å². The lowest BCUT2D eigenvalue weighted by atomic mass is 10.1. The lowest BCUT2D eigenvalue weighted by Gasteiger charge is -2.32. The van der Waals surface area contributed by atoms with E-state index >= 15 is 0 Å². The summed E-state index contributed by atoms with van der Waals surface area (Å²) in [5, 5.41) is 4.03. The summed E-state index contributed by atoms with van der Waals surface area (Å²) >= 11 is 6.18. The predicted octanol–water partition coefficient (Wildman–Crippen LogP) is 2.40. The van der Waals surface area contributed by atoms with E-state index in [4.69, 9.17) is 17.3 Å². The molecule has 5 heteroatoms. The Bertz CT molecular complexity index is 486. The molecular formula is C16H24ClN3O. The fraction of sp³-hybridized carbons (Fsp3) is 0.562. The third kappa shape index (κ3) is 4.70. The van der Waals surface area contributed by atoms with Gasteiger partial charge >= 0.3 is 0 Å². The minimum Gasteiger partial charge on any atom is -0.366 e. The Balaban J connectivity index is 1.81. The summed E-state index contributed by atoms with van der Waals surface area (Å²) < 4.78 is 0. The molecule has 4 nitrogen and oxygen atoms in total. The highest BCUT2D eigenvalue weighted by Crippen LogP contribution is 2.18. The summed E-state index contributed by atoms with van der Waals surface area (Å²) in [7, 11) is 0. The van der Waals surface area contributed by atoms with Gasteiger partial charge in [0.05, 0.1) is 0 Å². The minimum absolute atomic E-state index is 0.449. The van der Waals surface area contributed by atoms with Crippen LogP contribution in [0.3, 0.4) is 0 Å². The van der Waals surface area contributed by atoms with Crippen LogP contribution in [0.15, 0.2) is 18.2 Å². The number of carbonyl (C=O) groups is 1. The first kappa shape index (κ1) is 16.3. The Morgan fingerprint density at radius 1 is 1.38 bits per heavy atom. The van der Waals surface area contributed by atoms with Crippen LogP contribution in [0, 0.1) is 0 Å². The summed E-state index contributed by atoms with van der Waals surface area (Å²) in [6, 6.07) is 5.75. The molecule has 116 valence electrons. The quantitative estimate of drug-likeness (QED) is 0.848. The smallest absolute Gasteiger partial charge is 0.248 e. The third-order valence-corrected chi connectivity index (χ3v) is 4.46. The number of nitrogens with two attached hydrogens (primary N) is 1. The SMILES string of the molecule is CC(CNCc1ccc(C(N)=O)cc1Cl)N1CCCCC1. The standard InChI is InChI=1S/C16H24ClN3O/c1-12(20-7-3-2-4-8-20)10-19-11-14-6-5-13(16(18)21)9-15(14)17/h5-6,9,12,19H,2-4,7-8,10-11H2,1H3,(H2,18,21). The zero-order chi connectivity index (χ0) is 15.2. The number of halogens is 1. The molecule has 1 fully saturated rings. The van der Waals surface area contributed by atoms with Gasteiger partial charge < -0.3 is 11.1 Å². The number of hydrogen-bond acceptors (Lipinski definition) is 3. The second-order valence-corrected chi connectivity index (χ2v) is 6.15. The Kier molecular flexibility index (Phi) is 6.03. The van der Waals surface area contributed by atoms with Crippen LogP contribution in [0.1, 0.15) is 42.1 Å². The topological polar surface area (TPSA) is 58.4 Å². The lowest BCUT2D eigenvalue weighted by Crippen LogP contribution is -2.42. The Hall–Kier alpha value is -1.10. The lowest BCUT2D eigenvalue weighted by molar-refractivity contribution is 0.100. The number of rotatable bonds is 6. The van der Waals surface area contributed by atoms with Crippen molar-refractivity contribution in [2.24, 2.45) is 5.73 Å². The van der Waals surface area contributed by atoms with Gasteiger partial charge in [0.25, 0.3) is 0 Å². The number of benzene rings is 1.